The molecule has 1 aromatic rings. The number of hydroxylamine groups is 8. The van der Waals surface area contributed by atoms with Gasteiger partial charge in [0.2, 0.25) is 0 Å². The monoisotopic (exact) mass is 510 g/mol. The van der Waals surface area contributed by atoms with Gasteiger partial charge >= 0.3 is 23.9 Å². The van der Waals surface area contributed by atoms with Crippen LogP contribution in [0.2, 0.25) is 0 Å². The van der Waals surface area contributed by atoms with Gasteiger partial charge in [0.15, 0.2) is 0 Å². The maximum atomic E-state index is 11.9. The van der Waals surface area contributed by atoms with E-state index in [-0.39, 0.29) is 51.6 Å². The summed E-state index contributed by atoms with van der Waals surface area (Å²) in [5.74, 6) is -2.02. The van der Waals surface area contributed by atoms with E-state index in [0.29, 0.717) is 6.42 Å². The highest BCUT2D eigenvalue weighted by atomic mass is 16.7. The van der Waals surface area contributed by atoms with Crippen molar-refractivity contribution in [3.8, 4) is 5.75 Å². The highest BCUT2D eigenvalue weighted by molar-refractivity contribution is 5.66. The SMILES string of the molecule is CC(=O)ON1CCN(OC(C)=O)CCN(OC(C)=O)C(Cc2ccc(O)cc2)CN(OC(C)=O)CC1. The van der Waals surface area contributed by atoms with Gasteiger partial charge in [-0.25, -0.2) is 0 Å². The number of hydrogen-bond acceptors (Lipinski definition) is 13. The van der Waals surface area contributed by atoms with Crippen molar-refractivity contribution >= 4 is 23.9 Å². The third-order valence-corrected chi connectivity index (χ3v) is 5.02. The molecule has 13 nitrogen and oxygen atoms in total. The van der Waals surface area contributed by atoms with Crippen LogP contribution in [0.25, 0.3) is 0 Å². The number of aromatic hydroxyl groups is 1. The fourth-order valence-electron chi connectivity index (χ4n) is 3.65. The van der Waals surface area contributed by atoms with Gasteiger partial charge in [0.05, 0.1) is 51.9 Å². The Morgan fingerprint density at radius 3 is 1.58 bits per heavy atom. The van der Waals surface area contributed by atoms with Gasteiger partial charge < -0.3 is 24.5 Å². The summed E-state index contributed by atoms with van der Waals surface area (Å²) in [5.41, 5.74) is 0.836. The summed E-state index contributed by atoms with van der Waals surface area (Å²) in [5, 5.41) is 15.3. The second-order valence-corrected chi connectivity index (χ2v) is 8.24. The third kappa shape index (κ3) is 11.0. The molecular weight excluding hydrogens is 476 g/mol. The van der Waals surface area contributed by atoms with Gasteiger partial charge in [0, 0.05) is 27.7 Å². The van der Waals surface area contributed by atoms with Crippen molar-refractivity contribution in [2.24, 2.45) is 0 Å². The number of hydrogen-bond donors (Lipinski definition) is 1. The van der Waals surface area contributed by atoms with Crippen LogP contribution in [0.15, 0.2) is 24.3 Å². The smallest absolute Gasteiger partial charge is 0.322 e. The molecule has 36 heavy (non-hydrogen) atoms. The molecule has 200 valence electrons. The molecule has 1 atom stereocenters. The van der Waals surface area contributed by atoms with Gasteiger partial charge in [-0.05, 0) is 24.1 Å². The van der Waals surface area contributed by atoms with Gasteiger partial charge in [0.25, 0.3) is 0 Å². The molecule has 0 bridgehead atoms. The van der Waals surface area contributed by atoms with Crippen molar-refractivity contribution in [2.45, 2.75) is 40.2 Å². The highest BCUT2D eigenvalue weighted by Crippen LogP contribution is 2.17. The first kappa shape index (κ1) is 29.0. The van der Waals surface area contributed by atoms with E-state index in [1.54, 1.807) is 24.3 Å². The van der Waals surface area contributed by atoms with Gasteiger partial charge in [-0.3, -0.25) is 19.2 Å². The van der Waals surface area contributed by atoms with Gasteiger partial charge in [-0.15, -0.1) is 20.3 Å². The summed E-state index contributed by atoms with van der Waals surface area (Å²) in [6.45, 7) is 6.28. The first-order valence-corrected chi connectivity index (χ1v) is 11.6. The minimum Gasteiger partial charge on any atom is -0.508 e. The lowest BCUT2D eigenvalue weighted by Crippen LogP contribution is -2.51. The fraction of sp³-hybridized carbons (Fsp3) is 0.565. The standard InChI is InChI=1S/C23H34N4O9/c1-17(28)33-24-9-10-25(34-18(2)29)13-14-27(36-20(4)31)22(15-21-5-7-23(32)8-6-21)16-26(12-11-24)35-19(3)30/h5-8,22,32H,9-16H2,1-4H3. The van der Waals surface area contributed by atoms with Crippen LogP contribution in [-0.4, -0.2) is 101 Å². The summed E-state index contributed by atoms with van der Waals surface area (Å²) < 4.78 is 0. The molecule has 0 aliphatic carbocycles. The molecule has 0 radical (unpaired) electrons. The molecule has 1 aliphatic heterocycles. The maximum Gasteiger partial charge on any atom is 0.322 e. The van der Waals surface area contributed by atoms with Crippen molar-refractivity contribution in [2.75, 3.05) is 45.8 Å². The van der Waals surface area contributed by atoms with Crippen LogP contribution in [-0.2, 0) is 44.9 Å². The molecule has 1 aromatic carbocycles. The lowest BCUT2D eigenvalue weighted by molar-refractivity contribution is -0.238. The molecule has 0 aromatic heterocycles. The molecule has 2 rings (SSSR count). The predicted molar refractivity (Wildman–Crippen MR) is 124 cm³/mol. The van der Waals surface area contributed by atoms with E-state index in [0.717, 1.165) is 5.56 Å². The molecular formula is C23H34N4O9. The lowest BCUT2D eigenvalue weighted by Gasteiger charge is -2.35. The van der Waals surface area contributed by atoms with Crippen molar-refractivity contribution in [3.05, 3.63) is 29.8 Å². The van der Waals surface area contributed by atoms with Crippen LogP contribution in [0, 0.1) is 0 Å². The number of carbonyl (C=O) groups is 4. The Morgan fingerprint density at radius 1 is 0.694 bits per heavy atom. The van der Waals surface area contributed by atoms with Crippen LogP contribution in [0.1, 0.15) is 33.3 Å². The van der Waals surface area contributed by atoms with Gasteiger partial charge in [-0.1, -0.05) is 12.1 Å². The molecule has 0 amide bonds. The second-order valence-electron chi connectivity index (χ2n) is 8.24. The Morgan fingerprint density at radius 2 is 1.11 bits per heavy atom. The molecule has 1 aliphatic rings. The quantitative estimate of drug-likeness (QED) is 0.567. The van der Waals surface area contributed by atoms with Crippen LogP contribution in [0.4, 0.5) is 0 Å². The Labute approximate surface area is 209 Å². The van der Waals surface area contributed by atoms with Crippen molar-refractivity contribution in [3.63, 3.8) is 0 Å². The lowest BCUT2D eigenvalue weighted by atomic mass is 10.0. The summed E-state index contributed by atoms with van der Waals surface area (Å²) in [4.78, 5) is 68.5. The van der Waals surface area contributed by atoms with Crippen molar-refractivity contribution < 1.29 is 43.6 Å². The third-order valence-electron chi connectivity index (χ3n) is 5.02. The first-order chi connectivity index (χ1) is 17.0. The molecule has 1 N–H and O–H groups in total. The molecule has 0 saturated carbocycles. The number of nitrogens with zero attached hydrogens (tertiary/aromatic N) is 4. The topological polar surface area (TPSA) is 138 Å². The van der Waals surface area contributed by atoms with Crippen LogP contribution < -0.4 is 0 Å². The first-order valence-electron chi connectivity index (χ1n) is 11.6. The van der Waals surface area contributed by atoms with E-state index in [1.165, 1.54) is 47.9 Å². The van der Waals surface area contributed by atoms with E-state index in [2.05, 4.69) is 0 Å². The fourth-order valence-corrected chi connectivity index (χ4v) is 3.65. The van der Waals surface area contributed by atoms with Crippen LogP contribution >= 0.6 is 0 Å². The maximum absolute atomic E-state index is 11.9. The average Bonchev–Trinajstić information content (AvgIpc) is 2.76. The average molecular weight is 511 g/mol. The number of carbonyl (C=O) groups excluding carboxylic acids is 4. The largest absolute Gasteiger partial charge is 0.508 e. The number of benzene rings is 1. The van der Waals surface area contributed by atoms with Crippen LogP contribution in [0.3, 0.4) is 0 Å². The van der Waals surface area contributed by atoms with E-state index in [9.17, 15) is 24.3 Å². The zero-order chi connectivity index (χ0) is 26.7. The summed E-state index contributed by atoms with van der Waals surface area (Å²) in [6.07, 6.45) is 0.368. The number of phenols is 1. The Bertz CT molecular complexity index is 896. The summed E-state index contributed by atoms with van der Waals surface area (Å²) >= 11 is 0. The zero-order valence-corrected chi connectivity index (χ0v) is 21.0. The van der Waals surface area contributed by atoms with E-state index in [4.69, 9.17) is 19.4 Å². The van der Waals surface area contributed by atoms with Gasteiger partial charge in [-0.2, -0.15) is 0 Å². The Balaban J connectivity index is 2.38. The number of phenolic OH excluding ortho intramolecular Hbond substituents is 1. The molecule has 0 spiro atoms. The molecule has 1 fully saturated rings. The molecule has 1 heterocycles. The highest BCUT2D eigenvalue weighted by Gasteiger charge is 2.29. The zero-order valence-electron chi connectivity index (χ0n) is 21.0. The van der Waals surface area contributed by atoms with E-state index >= 15 is 0 Å². The molecule has 1 saturated heterocycles. The minimum atomic E-state index is -0.545. The van der Waals surface area contributed by atoms with Crippen LogP contribution in [0.5, 0.6) is 5.75 Å². The molecule has 1 unspecified atom stereocenters. The van der Waals surface area contributed by atoms with Crippen molar-refractivity contribution in [1.82, 2.24) is 20.3 Å². The second kappa shape index (κ2) is 14.3. The minimum absolute atomic E-state index is 0.110. The van der Waals surface area contributed by atoms with Crippen molar-refractivity contribution in [1.29, 1.82) is 0 Å². The normalized spacial score (nSPS) is 19.4. The predicted octanol–water partition coefficient (Wildman–Crippen LogP) is 0.437. The summed E-state index contributed by atoms with van der Waals surface area (Å²) in [6, 6.07) is 6.06. The van der Waals surface area contributed by atoms with E-state index < -0.39 is 29.9 Å². The molecule has 13 heteroatoms. The number of rotatable bonds is 6. The Hall–Kier alpha value is -3.26. The van der Waals surface area contributed by atoms with Gasteiger partial charge in [0.1, 0.15) is 5.75 Å². The van der Waals surface area contributed by atoms with E-state index in [1.807, 2.05) is 0 Å². The Kier molecular flexibility index (Phi) is 11.5. The summed E-state index contributed by atoms with van der Waals surface area (Å²) in [7, 11) is 0.